The number of nitro groups is 1. The number of alkyl halides is 1. The number of benzene rings is 1. The zero-order valence-electron chi connectivity index (χ0n) is 10.4. The van der Waals surface area contributed by atoms with Gasteiger partial charge in [-0.15, -0.1) is 0 Å². The molecule has 1 aromatic carbocycles. The van der Waals surface area contributed by atoms with Gasteiger partial charge in [0.25, 0.3) is 5.69 Å². The lowest BCUT2D eigenvalue weighted by Gasteiger charge is -2.32. The zero-order valence-corrected chi connectivity index (χ0v) is 10.4. The van der Waals surface area contributed by atoms with Crippen molar-refractivity contribution in [1.29, 1.82) is 0 Å². The Kier molecular flexibility index (Phi) is 3.91. The highest BCUT2D eigenvalue weighted by molar-refractivity contribution is 5.33. The second-order valence-electron chi connectivity index (χ2n) is 4.95. The summed E-state index contributed by atoms with van der Waals surface area (Å²) in [6.07, 6.45) is 0.695. The minimum Gasteiger partial charge on any atom is -0.303 e. The van der Waals surface area contributed by atoms with Crippen LogP contribution in [0.4, 0.5) is 10.1 Å². The van der Waals surface area contributed by atoms with Crippen LogP contribution in [0.25, 0.3) is 0 Å². The first-order valence-corrected chi connectivity index (χ1v) is 6.12. The molecule has 98 valence electrons. The first kappa shape index (κ1) is 13.0. The molecule has 1 saturated heterocycles. The largest absolute Gasteiger partial charge is 0.303 e. The fraction of sp³-hybridized carbons (Fsp3) is 0.538. The molecule has 0 spiro atoms. The van der Waals surface area contributed by atoms with E-state index in [1.54, 1.807) is 12.1 Å². The third-order valence-corrected chi connectivity index (χ3v) is 3.52. The summed E-state index contributed by atoms with van der Waals surface area (Å²) in [5.41, 5.74) is 1.05. The lowest BCUT2D eigenvalue weighted by Crippen LogP contribution is -2.40. The Hall–Kier alpha value is -1.49. The second kappa shape index (κ2) is 5.44. The van der Waals surface area contributed by atoms with Crippen molar-refractivity contribution in [3.63, 3.8) is 0 Å². The molecule has 0 bridgehead atoms. The first-order valence-electron chi connectivity index (χ1n) is 6.12. The molecular formula is C13H17FN2O2. The molecule has 1 aliphatic rings. The highest BCUT2D eigenvalue weighted by Gasteiger charge is 2.27. The summed E-state index contributed by atoms with van der Waals surface area (Å²) in [7, 11) is 1.93. The first-order chi connectivity index (χ1) is 8.56. The van der Waals surface area contributed by atoms with Gasteiger partial charge < -0.3 is 4.90 Å². The molecule has 4 nitrogen and oxygen atoms in total. The third kappa shape index (κ3) is 3.04. The molecule has 18 heavy (non-hydrogen) atoms. The van der Waals surface area contributed by atoms with Gasteiger partial charge in [-0.05, 0) is 37.9 Å². The van der Waals surface area contributed by atoms with E-state index in [1.165, 1.54) is 12.1 Å². The quantitative estimate of drug-likeness (QED) is 0.613. The molecule has 1 heterocycles. The van der Waals surface area contributed by atoms with Crippen LogP contribution in [0.2, 0.25) is 0 Å². The second-order valence-corrected chi connectivity index (χ2v) is 4.95. The molecule has 1 aromatic rings. The predicted octanol–water partition coefficient (Wildman–Crippen LogP) is 2.43. The van der Waals surface area contributed by atoms with E-state index in [9.17, 15) is 14.5 Å². The van der Waals surface area contributed by atoms with Crippen LogP contribution in [0.5, 0.6) is 0 Å². The molecule has 0 saturated carbocycles. The molecule has 0 radical (unpaired) electrons. The van der Waals surface area contributed by atoms with Crippen molar-refractivity contribution in [2.45, 2.75) is 19.0 Å². The summed E-state index contributed by atoms with van der Waals surface area (Å²) >= 11 is 0. The average molecular weight is 252 g/mol. The van der Waals surface area contributed by atoms with Crippen molar-refractivity contribution >= 4 is 5.69 Å². The Bertz CT molecular complexity index is 422. The summed E-state index contributed by atoms with van der Waals surface area (Å²) in [5.74, 6) is 0.0302. The van der Waals surface area contributed by atoms with E-state index in [0.717, 1.165) is 18.5 Å². The Morgan fingerprint density at radius 1 is 1.44 bits per heavy atom. The highest BCUT2D eigenvalue weighted by atomic mass is 19.1. The lowest BCUT2D eigenvalue weighted by molar-refractivity contribution is -0.384. The summed E-state index contributed by atoms with van der Waals surface area (Å²) in [5, 5.41) is 10.5. The lowest BCUT2D eigenvalue weighted by atomic mass is 9.89. The van der Waals surface area contributed by atoms with Crippen molar-refractivity contribution < 1.29 is 9.31 Å². The minimum absolute atomic E-state index is 0.0302. The topological polar surface area (TPSA) is 46.4 Å². The van der Waals surface area contributed by atoms with Gasteiger partial charge in [0.2, 0.25) is 0 Å². The van der Waals surface area contributed by atoms with Crippen molar-refractivity contribution in [2.24, 2.45) is 5.92 Å². The van der Waals surface area contributed by atoms with Gasteiger partial charge in [0, 0.05) is 18.7 Å². The van der Waals surface area contributed by atoms with E-state index in [1.807, 2.05) is 11.9 Å². The van der Waals surface area contributed by atoms with Crippen LogP contribution in [0.3, 0.4) is 0 Å². The van der Waals surface area contributed by atoms with Crippen LogP contribution in [-0.2, 0) is 6.42 Å². The minimum atomic E-state index is -0.807. The molecule has 1 aliphatic heterocycles. The molecule has 0 aromatic heterocycles. The monoisotopic (exact) mass is 252 g/mol. The van der Waals surface area contributed by atoms with Crippen LogP contribution >= 0.6 is 0 Å². The van der Waals surface area contributed by atoms with E-state index in [-0.39, 0.29) is 11.6 Å². The molecule has 0 N–H and O–H groups in total. The normalized spacial score (nSPS) is 25.0. The number of likely N-dealkylation sites (tertiary alicyclic amines) is 1. The van der Waals surface area contributed by atoms with Gasteiger partial charge in [-0.3, -0.25) is 10.1 Å². The van der Waals surface area contributed by atoms with Crippen LogP contribution in [0.1, 0.15) is 12.0 Å². The van der Waals surface area contributed by atoms with E-state index >= 15 is 0 Å². The molecule has 0 amide bonds. The molecule has 2 atom stereocenters. The maximum absolute atomic E-state index is 13.8. The van der Waals surface area contributed by atoms with Crippen molar-refractivity contribution in [3.05, 3.63) is 39.9 Å². The van der Waals surface area contributed by atoms with Gasteiger partial charge in [-0.1, -0.05) is 12.1 Å². The van der Waals surface area contributed by atoms with Gasteiger partial charge in [-0.2, -0.15) is 0 Å². The number of non-ortho nitro benzene ring substituents is 1. The number of hydrogen-bond donors (Lipinski definition) is 0. The van der Waals surface area contributed by atoms with Gasteiger partial charge in [-0.25, -0.2) is 4.39 Å². The van der Waals surface area contributed by atoms with Crippen LogP contribution < -0.4 is 0 Å². The Morgan fingerprint density at radius 3 is 2.67 bits per heavy atom. The number of piperidine rings is 1. The fourth-order valence-corrected chi connectivity index (χ4v) is 2.39. The molecule has 2 unspecified atom stereocenters. The Morgan fingerprint density at radius 2 is 2.11 bits per heavy atom. The molecule has 0 aliphatic carbocycles. The van der Waals surface area contributed by atoms with Gasteiger partial charge in [0.15, 0.2) is 0 Å². The maximum atomic E-state index is 13.8. The van der Waals surface area contributed by atoms with Crippen LogP contribution in [0.15, 0.2) is 24.3 Å². The van der Waals surface area contributed by atoms with E-state index in [4.69, 9.17) is 0 Å². The Labute approximate surface area is 106 Å². The van der Waals surface area contributed by atoms with Crippen LogP contribution in [-0.4, -0.2) is 36.1 Å². The molecule has 5 heteroatoms. The van der Waals surface area contributed by atoms with Crippen LogP contribution in [0, 0.1) is 16.0 Å². The van der Waals surface area contributed by atoms with Crippen molar-refractivity contribution in [2.75, 3.05) is 20.1 Å². The number of hydrogen-bond acceptors (Lipinski definition) is 3. The van der Waals surface area contributed by atoms with E-state index < -0.39 is 11.1 Å². The average Bonchev–Trinajstić information content (AvgIpc) is 2.33. The predicted molar refractivity (Wildman–Crippen MR) is 67.3 cm³/mol. The zero-order chi connectivity index (χ0) is 13.1. The fourth-order valence-electron chi connectivity index (χ4n) is 2.39. The summed E-state index contributed by atoms with van der Waals surface area (Å²) in [6, 6.07) is 6.42. The highest BCUT2D eigenvalue weighted by Crippen LogP contribution is 2.24. The van der Waals surface area contributed by atoms with E-state index in [0.29, 0.717) is 13.0 Å². The molecular weight excluding hydrogens is 235 g/mol. The summed E-state index contributed by atoms with van der Waals surface area (Å²) in [6.45, 7) is 1.40. The SMILES string of the molecule is CN1CCC(Cc2ccc([N+](=O)[O-])cc2)C(F)C1. The maximum Gasteiger partial charge on any atom is 0.269 e. The molecule has 2 rings (SSSR count). The summed E-state index contributed by atoms with van der Waals surface area (Å²) in [4.78, 5) is 12.1. The summed E-state index contributed by atoms with van der Waals surface area (Å²) < 4.78 is 13.8. The number of nitro benzene ring substituents is 1. The smallest absolute Gasteiger partial charge is 0.269 e. The Balaban J connectivity index is 1.99. The number of nitrogens with zero attached hydrogens (tertiary/aromatic N) is 2. The number of halogens is 1. The molecule has 1 fully saturated rings. The standard InChI is InChI=1S/C13H17FN2O2/c1-15-7-6-11(13(14)9-15)8-10-2-4-12(5-3-10)16(17)18/h2-5,11,13H,6-9H2,1H3. The van der Waals surface area contributed by atoms with Crippen molar-refractivity contribution in [1.82, 2.24) is 4.90 Å². The third-order valence-electron chi connectivity index (χ3n) is 3.52. The number of rotatable bonds is 3. The van der Waals surface area contributed by atoms with Crippen molar-refractivity contribution in [3.8, 4) is 0 Å². The van der Waals surface area contributed by atoms with Gasteiger partial charge in [0.05, 0.1) is 4.92 Å². The van der Waals surface area contributed by atoms with Gasteiger partial charge in [0.1, 0.15) is 6.17 Å². The van der Waals surface area contributed by atoms with E-state index in [2.05, 4.69) is 0 Å². The van der Waals surface area contributed by atoms with Gasteiger partial charge >= 0.3 is 0 Å².